The van der Waals surface area contributed by atoms with Gasteiger partial charge in [-0.3, -0.25) is 9.59 Å². The van der Waals surface area contributed by atoms with Crippen molar-refractivity contribution in [3.05, 3.63) is 95.3 Å². The molecule has 0 bridgehead atoms. The molecule has 0 saturated carbocycles. The fourth-order valence-electron chi connectivity index (χ4n) is 4.40. The van der Waals surface area contributed by atoms with Crippen molar-refractivity contribution >= 4 is 17.5 Å². The lowest BCUT2D eigenvalue weighted by molar-refractivity contribution is -0.119. The summed E-state index contributed by atoms with van der Waals surface area (Å²) in [6, 6.07) is 19.6. The number of halogens is 1. The highest BCUT2D eigenvalue weighted by atomic mass is 19.1. The Bertz CT molecular complexity index is 1170. The first-order chi connectivity index (χ1) is 16.5. The Hall–Kier alpha value is -3.71. The molecular weight excluding hydrogens is 435 g/mol. The van der Waals surface area contributed by atoms with E-state index in [4.69, 9.17) is 9.47 Å². The molecule has 0 unspecified atom stereocenters. The van der Waals surface area contributed by atoms with Crippen molar-refractivity contribution in [1.82, 2.24) is 4.90 Å². The van der Waals surface area contributed by atoms with Crippen LogP contribution in [-0.2, 0) is 9.53 Å². The lowest BCUT2D eigenvalue weighted by Crippen LogP contribution is -2.47. The van der Waals surface area contributed by atoms with Crippen LogP contribution in [0.4, 0.5) is 10.1 Å². The quantitative estimate of drug-likeness (QED) is 0.523. The Labute approximate surface area is 198 Å². The zero-order valence-electron chi connectivity index (χ0n) is 19.2. The van der Waals surface area contributed by atoms with Gasteiger partial charge >= 0.3 is 0 Å². The van der Waals surface area contributed by atoms with Crippen molar-refractivity contribution in [3.8, 4) is 5.75 Å². The van der Waals surface area contributed by atoms with E-state index in [1.54, 1.807) is 54.5 Å². The van der Waals surface area contributed by atoms with Gasteiger partial charge in [-0.25, -0.2) is 4.39 Å². The monoisotopic (exact) mass is 462 g/mol. The van der Waals surface area contributed by atoms with Gasteiger partial charge in [-0.05, 0) is 48.4 Å². The van der Waals surface area contributed by atoms with Crippen molar-refractivity contribution in [2.24, 2.45) is 0 Å². The molecule has 0 spiro atoms. The third-order valence-corrected chi connectivity index (χ3v) is 5.91. The lowest BCUT2D eigenvalue weighted by atomic mass is 9.79. The van der Waals surface area contributed by atoms with Crippen LogP contribution in [0.1, 0.15) is 40.4 Å². The molecule has 0 aromatic heterocycles. The molecular formula is C27H27FN2O4. The van der Waals surface area contributed by atoms with Crippen LogP contribution in [-0.4, -0.2) is 43.6 Å². The zero-order valence-corrected chi connectivity index (χ0v) is 19.2. The zero-order chi connectivity index (χ0) is 24.1. The molecule has 3 aromatic carbocycles. The number of nitrogens with one attached hydrogen (secondary N) is 1. The maximum atomic E-state index is 13.9. The van der Waals surface area contributed by atoms with E-state index in [-0.39, 0.29) is 24.2 Å². The number of para-hydroxylation sites is 2. The van der Waals surface area contributed by atoms with E-state index in [1.165, 1.54) is 12.1 Å². The number of carbonyl (C=O) groups is 2. The topological polar surface area (TPSA) is 67.9 Å². The van der Waals surface area contributed by atoms with E-state index < -0.39 is 12.0 Å². The molecule has 1 aliphatic rings. The average Bonchev–Trinajstić information content (AvgIpc) is 2.85. The molecule has 34 heavy (non-hydrogen) atoms. The predicted molar refractivity (Wildman–Crippen MR) is 127 cm³/mol. The Morgan fingerprint density at radius 1 is 1.03 bits per heavy atom. The van der Waals surface area contributed by atoms with Crippen molar-refractivity contribution in [3.63, 3.8) is 0 Å². The van der Waals surface area contributed by atoms with Gasteiger partial charge < -0.3 is 19.7 Å². The number of benzene rings is 3. The second kappa shape index (κ2) is 10.5. The number of anilines is 1. The van der Waals surface area contributed by atoms with Crippen molar-refractivity contribution in [2.45, 2.75) is 18.9 Å². The minimum atomic E-state index is -0.731. The van der Waals surface area contributed by atoms with Gasteiger partial charge in [0.2, 0.25) is 5.91 Å². The fraction of sp³-hybridized carbons (Fsp3) is 0.259. The van der Waals surface area contributed by atoms with Crippen LogP contribution in [0.5, 0.6) is 5.75 Å². The summed E-state index contributed by atoms with van der Waals surface area (Å²) in [7, 11) is 1.56. The summed E-state index contributed by atoms with van der Waals surface area (Å²) in [6.07, 6.45) is 0. The molecule has 1 aliphatic heterocycles. The largest absolute Gasteiger partial charge is 0.492 e. The summed E-state index contributed by atoms with van der Waals surface area (Å²) < 4.78 is 24.7. The number of rotatable bonds is 8. The van der Waals surface area contributed by atoms with Gasteiger partial charge in [0.15, 0.2) is 0 Å². The first-order valence-corrected chi connectivity index (χ1v) is 11.2. The SMILES string of the molecule is CCOc1ccccc1NC(=O)[C@H]1c2ccccc2C(=O)N(CCOC)[C@@H]1c1ccc(F)cc1. The van der Waals surface area contributed by atoms with Crippen LogP contribution in [0.25, 0.3) is 0 Å². The molecule has 2 atom stereocenters. The van der Waals surface area contributed by atoms with Crippen LogP contribution in [0.15, 0.2) is 72.8 Å². The maximum Gasteiger partial charge on any atom is 0.254 e. The predicted octanol–water partition coefficient (Wildman–Crippen LogP) is 4.79. The third-order valence-electron chi connectivity index (χ3n) is 5.91. The molecule has 3 aromatic rings. The molecule has 0 aliphatic carbocycles. The highest BCUT2D eigenvalue weighted by Crippen LogP contribution is 2.43. The van der Waals surface area contributed by atoms with Gasteiger partial charge in [-0.1, -0.05) is 42.5 Å². The molecule has 7 heteroatoms. The standard InChI is InChI=1S/C27H27FN2O4/c1-3-34-23-11-7-6-10-22(23)29-26(31)24-20-8-4-5-9-21(20)27(32)30(16-17-33-2)25(24)18-12-14-19(28)15-13-18/h4-15,24-25H,3,16-17H2,1-2H3,(H,29,31)/t24-,25+/m0/s1. The smallest absolute Gasteiger partial charge is 0.254 e. The van der Waals surface area contributed by atoms with Gasteiger partial charge in [-0.15, -0.1) is 0 Å². The summed E-state index contributed by atoms with van der Waals surface area (Å²) in [6.45, 7) is 2.91. The summed E-state index contributed by atoms with van der Waals surface area (Å²) in [4.78, 5) is 29.0. The van der Waals surface area contributed by atoms with Gasteiger partial charge in [0.1, 0.15) is 11.6 Å². The number of hydrogen-bond donors (Lipinski definition) is 1. The molecule has 0 radical (unpaired) electrons. The minimum absolute atomic E-state index is 0.194. The number of methoxy groups -OCH3 is 1. The highest BCUT2D eigenvalue weighted by Gasteiger charge is 2.44. The second-order valence-electron chi connectivity index (χ2n) is 7.97. The van der Waals surface area contributed by atoms with E-state index in [0.29, 0.717) is 41.3 Å². The Balaban J connectivity index is 1.82. The van der Waals surface area contributed by atoms with Crippen molar-refractivity contribution in [1.29, 1.82) is 0 Å². The molecule has 1 N–H and O–H groups in total. The van der Waals surface area contributed by atoms with Crippen LogP contribution in [0.3, 0.4) is 0 Å². The first-order valence-electron chi connectivity index (χ1n) is 11.2. The van der Waals surface area contributed by atoms with Crippen LogP contribution in [0.2, 0.25) is 0 Å². The fourth-order valence-corrected chi connectivity index (χ4v) is 4.40. The maximum absolute atomic E-state index is 13.9. The van der Waals surface area contributed by atoms with Gasteiger partial charge in [0, 0.05) is 19.2 Å². The normalized spacial score (nSPS) is 17.3. The highest BCUT2D eigenvalue weighted by molar-refractivity contribution is 6.04. The van der Waals surface area contributed by atoms with Crippen LogP contribution < -0.4 is 10.1 Å². The number of fused-ring (bicyclic) bond motifs is 1. The first kappa shape index (κ1) is 23.4. The van der Waals surface area contributed by atoms with Crippen LogP contribution in [0, 0.1) is 5.82 Å². The molecule has 0 saturated heterocycles. The Morgan fingerprint density at radius 3 is 2.47 bits per heavy atom. The molecule has 0 fully saturated rings. The van der Waals surface area contributed by atoms with E-state index in [2.05, 4.69) is 5.32 Å². The molecule has 2 amide bonds. The molecule has 1 heterocycles. The van der Waals surface area contributed by atoms with Gasteiger partial charge in [0.05, 0.1) is 30.9 Å². The van der Waals surface area contributed by atoms with E-state index >= 15 is 0 Å². The number of amides is 2. The summed E-state index contributed by atoms with van der Waals surface area (Å²) in [5.74, 6) is -1.04. The average molecular weight is 463 g/mol. The van der Waals surface area contributed by atoms with Crippen molar-refractivity contribution < 1.29 is 23.5 Å². The summed E-state index contributed by atoms with van der Waals surface area (Å²) >= 11 is 0. The van der Waals surface area contributed by atoms with Crippen molar-refractivity contribution in [2.75, 3.05) is 32.2 Å². The third kappa shape index (κ3) is 4.65. The summed E-state index contributed by atoms with van der Waals surface area (Å²) in [5, 5.41) is 3.00. The lowest BCUT2D eigenvalue weighted by Gasteiger charge is -2.41. The van der Waals surface area contributed by atoms with E-state index in [1.807, 2.05) is 25.1 Å². The molecule has 4 rings (SSSR count). The minimum Gasteiger partial charge on any atom is -0.492 e. The Kier molecular flexibility index (Phi) is 7.23. The molecule has 6 nitrogen and oxygen atoms in total. The van der Waals surface area contributed by atoms with Gasteiger partial charge in [-0.2, -0.15) is 0 Å². The molecule has 176 valence electrons. The van der Waals surface area contributed by atoms with E-state index in [0.717, 1.165) is 0 Å². The summed E-state index contributed by atoms with van der Waals surface area (Å²) in [5.41, 5.74) is 2.31. The number of ether oxygens (including phenoxy) is 2. The van der Waals surface area contributed by atoms with Gasteiger partial charge in [0.25, 0.3) is 5.91 Å². The number of hydrogen-bond acceptors (Lipinski definition) is 4. The number of carbonyl (C=O) groups excluding carboxylic acids is 2. The van der Waals surface area contributed by atoms with E-state index in [9.17, 15) is 14.0 Å². The Morgan fingerprint density at radius 2 is 1.74 bits per heavy atom. The number of nitrogens with zero attached hydrogens (tertiary/aromatic N) is 1. The second-order valence-corrected chi connectivity index (χ2v) is 7.97. The van der Waals surface area contributed by atoms with Crippen LogP contribution >= 0.6 is 0 Å².